The molecule has 1 saturated carbocycles. The second-order valence-electron chi connectivity index (χ2n) is 3.46. The predicted molar refractivity (Wildman–Crippen MR) is 44.9 cm³/mol. The van der Waals surface area contributed by atoms with Crippen LogP contribution in [0.3, 0.4) is 0 Å². The number of Topliss-reactive ketones (excluding diaryl/α,β-unsaturated/α-hetero) is 1. The molecular formula is C8H11BrO2. The molecule has 2 rings (SSSR count). The van der Waals surface area contributed by atoms with E-state index in [4.69, 9.17) is 4.74 Å². The summed E-state index contributed by atoms with van der Waals surface area (Å²) in [6.07, 6.45) is 4.01. The summed E-state index contributed by atoms with van der Waals surface area (Å²) in [6.45, 7) is 0.568. The maximum atomic E-state index is 11.3. The molecule has 0 aromatic heterocycles. The predicted octanol–water partition coefficient (Wildman–Crippen LogP) is 1.66. The Balaban J connectivity index is 2.03. The van der Waals surface area contributed by atoms with Crippen molar-refractivity contribution < 1.29 is 9.53 Å². The Morgan fingerprint density at radius 3 is 2.73 bits per heavy atom. The maximum absolute atomic E-state index is 11.3. The van der Waals surface area contributed by atoms with Crippen molar-refractivity contribution in [1.82, 2.24) is 0 Å². The summed E-state index contributed by atoms with van der Waals surface area (Å²) in [5, 5.41) is 0. The van der Waals surface area contributed by atoms with Gasteiger partial charge in [-0.1, -0.05) is 15.9 Å². The van der Waals surface area contributed by atoms with E-state index in [1.165, 1.54) is 6.42 Å². The molecular weight excluding hydrogens is 208 g/mol. The Morgan fingerprint density at radius 2 is 2.27 bits per heavy atom. The van der Waals surface area contributed by atoms with Crippen LogP contribution in [0.1, 0.15) is 25.7 Å². The number of rotatable bonds is 0. The summed E-state index contributed by atoms with van der Waals surface area (Å²) in [4.78, 5) is 11.2. The third kappa shape index (κ3) is 1.25. The minimum atomic E-state index is -0.0475. The van der Waals surface area contributed by atoms with Crippen LogP contribution in [0.2, 0.25) is 0 Å². The Kier molecular flexibility index (Phi) is 1.80. The van der Waals surface area contributed by atoms with Crippen molar-refractivity contribution in [3.05, 3.63) is 0 Å². The third-order valence-electron chi connectivity index (χ3n) is 2.65. The highest BCUT2D eigenvalue weighted by molar-refractivity contribution is 9.10. The molecule has 2 fully saturated rings. The lowest BCUT2D eigenvalue weighted by Gasteiger charge is -2.44. The van der Waals surface area contributed by atoms with Crippen molar-refractivity contribution in [2.24, 2.45) is 0 Å². The molecule has 1 saturated heterocycles. The molecule has 3 heteroatoms. The van der Waals surface area contributed by atoms with Crippen LogP contribution >= 0.6 is 15.9 Å². The van der Waals surface area contributed by atoms with E-state index in [1.54, 1.807) is 0 Å². The zero-order valence-electron chi connectivity index (χ0n) is 6.31. The minimum absolute atomic E-state index is 0.0264. The van der Waals surface area contributed by atoms with Crippen molar-refractivity contribution in [3.63, 3.8) is 0 Å². The zero-order chi connectivity index (χ0) is 7.90. The molecule has 2 nitrogen and oxygen atoms in total. The first-order chi connectivity index (χ1) is 5.22. The van der Waals surface area contributed by atoms with E-state index in [9.17, 15) is 4.79 Å². The Hall–Kier alpha value is 0.110. The van der Waals surface area contributed by atoms with E-state index in [1.807, 2.05) is 0 Å². The first-order valence-corrected chi connectivity index (χ1v) is 4.94. The van der Waals surface area contributed by atoms with Crippen molar-refractivity contribution in [2.45, 2.75) is 36.1 Å². The fourth-order valence-corrected chi connectivity index (χ4v) is 2.01. The van der Waals surface area contributed by atoms with Gasteiger partial charge in [0.25, 0.3) is 0 Å². The second kappa shape index (κ2) is 2.56. The summed E-state index contributed by atoms with van der Waals surface area (Å²) in [5.74, 6) is 0.316. The molecule has 0 radical (unpaired) electrons. The van der Waals surface area contributed by atoms with E-state index in [-0.39, 0.29) is 10.4 Å². The summed E-state index contributed by atoms with van der Waals surface area (Å²) in [5.41, 5.74) is -0.0264. The fourth-order valence-electron chi connectivity index (χ4n) is 1.71. The van der Waals surface area contributed by atoms with E-state index in [2.05, 4.69) is 15.9 Å². The maximum Gasteiger partial charge on any atom is 0.151 e. The Morgan fingerprint density at radius 1 is 1.55 bits per heavy atom. The number of hydrogen-bond acceptors (Lipinski definition) is 2. The average molecular weight is 219 g/mol. The quantitative estimate of drug-likeness (QED) is 0.579. The molecule has 0 amide bonds. The standard InChI is InChI=1S/C8H11BrO2/c9-6-5-11-8(2-1-3-8)4-7(6)10/h6H,1-5H2. The van der Waals surface area contributed by atoms with Crippen LogP contribution in [0.15, 0.2) is 0 Å². The Bertz CT molecular complexity index is 187. The second-order valence-corrected chi connectivity index (χ2v) is 4.56. The zero-order valence-corrected chi connectivity index (χ0v) is 7.89. The number of ketones is 1. The van der Waals surface area contributed by atoms with Gasteiger partial charge in [-0.15, -0.1) is 0 Å². The van der Waals surface area contributed by atoms with Gasteiger partial charge in [-0.2, -0.15) is 0 Å². The van der Waals surface area contributed by atoms with Gasteiger partial charge in [-0.3, -0.25) is 4.79 Å². The summed E-state index contributed by atoms with van der Waals surface area (Å²) in [6, 6.07) is 0. The number of carbonyl (C=O) groups excluding carboxylic acids is 1. The topological polar surface area (TPSA) is 26.3 Å². The van der Waals surface area contributed by atoms with E-state index < -0.39 is 0 Å². The molecule has 1 atom stereocenters. The highest BCUT2D eigenvalue weighted by atomic mass is 79.9. The molecule has 0 N–H and O–H groups in total. The smallest absolute Gasteiger partial charge is 0.151 e. The summed E-state index contributed by atoms with van der Waals surface area (Å²) < 4.78 is 5.62. The third-order valence-corrected chi connectivity index (χ3v) is 3.42. The molecule has 2 aliphatic rings. The van der Waals surface area contributed by atoms with Gasteiger partial charge in [-0.05, 0) is 19.3 Å². The summed E-state index contributed by atoms with van der Waals surface area (Å²) in [7, 11) is 0. The number of carbonyl (C=O) groups is 1. The Labute approximate surface area is 74.4 Å². The van der Waals surface area contributed by atoms with Crippen LogP contribution in [0.25, 0.3) is 0 Å². The fraction of sp³-hybridized carbons (Fsp3) is 0.875. The lowest BCUT2D eigenvalue weighted by atomic mass is 9.75. The molecule has 0 bridgehead atoms. The number of halogens is 1. The van der Waals surface area contributed by atoms with Gasteiger partial charge in [-0.25, -0.2) is 0 Å². The van der Waals surface area contributed by atoms with Crippen molar-refractivity contribution in [2.75, 3.05) is 6.61 Å². The number of hydrogen-bond donors (Lipinski definition) is 0. The lowest BCUT2D eigenvalue weighted by Crippen LogP contribution is -2.49. The molecule has 0 aromatic rings. The van der Waals surface area contributed by atoms with Crippen LogP contribution in [-0.4, -0.2) is 22.8 Å². The van der Waals surface area contributed by atoms with E-state index in [0.29, 0.717) is 18.8 Å². The van der Waals surface area contributed by atoms with Crippen molar-refractivity contribution >= 4 is 21.7 Å². The van der Waals surface area contributed by atoms with Crippen molar-refractivity contribution in [3.8, 4) is 0 Å². The normalized spacial score (nSPS) is 35.4. The largest absolute Gasteiger partial charge is 0.373 e. The average Bonchev–Trinajstić information content (AvgIpc) is 1.92. The van der Waals surface area contributed by atoms with Gasteiger partial charge in [0.05, 0.1) is 17.0 Å². The summed E-state index contributed by atoms with van der Waals surface area (Å²) >= 11 is 3.28. The SMILES string of the molecule is O=C1CC2(CCC2)OCC1Br. The van der Waals surface area contributed by atoms with Crippen LogP contribution in [0.5, 0.6) is 0 Å². The molecule has 1 aliphatic heterocycles. The molecule has 1 aliphatic carbocycles. The molecule has 1 spiro atoms. The molecule has 62 valence electrons. The van der Waals surface area contributed by atoms with Crippen LogP contribution < -0.4 is 0 Å². The highest BCUT2D eigenvalue weighted by Gasteiger charge is 2.44. The number of alkyl halides is 1. The van der Waals surface area contributed by atoms with Crippen LogP contribution in [0.4, 0.5) is 0 Å². The first-order valence-electron chi connectivity index (χ1n) is 4.03. The van der Waals surface area contributed by atoms with E-state index >= 15 is 0 Å². The highest BCUT2D eigenvalue weighted by Crippen LogP contribution is 2.41. The van der Waals surface area contributed by atoms with E-state index in [0.717, 1.165) is 12.8 Å². The molecule has 0 aromatic carbocycles. The van der Waals surface area contributed by atoms with Crippen LogP contribution in [0, 0.1) is 0 Å². The number of ether oxygens (including phenoxy) is 1. The molecule has 1 heterocycles. The lowest BCUT2D eigenvalue weighted by molar-refractivity contribution is -0.152. The molecule has 11 heavy (non-hydrogen) atoms. The monoisotopic (exact) mass is 218 g/mol. The first kappa shape index (κ1) is 7.74. The van der Waals surface area contributed by atoms with Crippen molar-refractivity contribution in [1.29, 1.82) is 0 Å². The van der Waals surface area contributed by atoms with Gasteiger partial charge < -0.3 is 4.74 Å². The van der Waals surface area contributed by atoms with Crippen LogP contribution in [-0.2, 0) is 9.53 Å². The van der Waals surface area contributed by atoms with Gasteiger partial charge in [0.1, 0.15) is 0 Å². The van der Waals surface area contributed by atoms with Gasteiger partial charge in [0.2, 0.25) is 0 Å². The molecule has 1 unspecified atom stereocenters. The van der Waals surface area contributed by atoms with Gasteiger partial charge in [0, 0.05) is 6.42 Å². The van der Waals surface area contributed by atoms with Gasteiger partial charge >= 0.3 is 0 Å². The minimum Gasteiger partial charge on any atom is -0.373 e. The van der Waals surface area contributed by atoms with Gasteiger partial charge in [0.15, 0.2) is 5.78 Å².